The highest BCUT2D eigenvalue weighted by Gasteiger charge is 2.24. The molecule has 0 aromatic heterocycles. The molecule has 2 fully saturated rings. The van der Waals surface area contributed by atoms with Crippen molar-refractivity contribution in [1.29, 1.82) is 0 Å². The zero-order valence-corrected chi connectivity index (χ0v) is 21.2. The lowest BCUT2D eigenvalue weighted by Gasteiger charge is -2.31. The molecule has 170 valence electrons. The fraction of sp³-hybridized carbons (Fsp3) is 0.696. The van der Waals surface area contributed by atoms with Crippen LogP contribution in [0.1, 0.15) is 37.8 Å². The van der Waals surface area contributed by atoms with E-state index in [0.29, 0.717) is 12.0 Å². The van der Waals surface area contributed by atoms with Crippen LogP contribution in [0.25, 0.3) is 0 Å². The average Bonchev–Trinajstić information content (AvgIpc) is 3.26. The zero-order valence-electron chi connectivity index (χ0n) is 18.9. The number of hydrogen-bond acceptors (Lipinski definition) is 4. The lowest BCUT2D eigenvalue weighted by atomic mass is 10.0. The van der Waals surface area contributed by atoms with E-state index in [-0.39, 0.29) is 24.0 Å². The van der Waals surface area contributed by atoms with Crippen LogP contribution in [-0.4, -0.2) is 74.8 Å². The summed E-state index contributed by atoms with van der Waals surface area (Å²) in [6.45, 7) is 13.5. The predicted molar refractivity (Wildman–Crippen MR) is 136 cm³/mol. The SMILES string of the molecule is CN=C(NCc1ccccc1CN1CCOCC1)NCC(C(C)C)N1CCCC1.I. The van der Waals surface area contributed by atoms with Gasteiger partial charge in [-0.3, -0.25) is 14.8 Å². The highest BCUT2D eigenvalue weighted by molar-refractivity contribution is 14.0. The molecule has 2 saturated heterocycles. The van der Waals surface area contributed by atoms with Gasteiger partial charge in [-0.15, -0.1) is 24.0 Å². The van der Waals surface area contributed by atoms with Crippen molar-refractivity contribution in [2.45, 2.75) is 45.8 Å². The van der Waals surface area contributed by atoms with Crippen molar-refractivity contribution in [2.75, 3.05) is 53.0 Å². The highest BCUT2D eigenvalue weighted by Crippen LogP contribution is 2.17. The Hall–Kier alpha value is -0.900. The van der Waals surface area contributed by atoms with Gasteiger partial charge in [0.2, 0.25) is 0 Å². The van der Waals surface area contributed by atoms with Gasteiger partial charge in [0.15, 0.2) is 5.96 Å². The van der Waals surface area contributed by atoms with Gasteiger partial charge in [-0.1, -0.05) is 38.1 Å². The number of halogens is 1. The van der Waals surface area contributed by atoms with Crippen LogP contribution in [0.5, 0.6) is 0 Å². The fourth-order valence-corrected chi connectivity index (χ4v) is 4.34. The third-order valence-corrected chi connectivity index (χ3v) is 6.14. The second-order valence-electron chi connectivity index (χ2n) is 8.52. The Morgan fingerprint density at radius 1 is 1.03 bits per heavy atom. The number of nitrogens with zero attached hydrogens (tertiary/aromatic N) is 3. The summed E-state index contributed by atoms with van der Waals surface area (Å²) in [4.78, 5) is 9.55. The first-order valence-electron chi connectivity index (χ1n) is 11.2. The van der Waals surface area contributed by atoms with Crippen LogP contribution < -0.4 is 10.6 Å². The van der Waals surface area contributed by atoms with Crippen molar-refractivity contribution in [1.82, 2.24) is 20.4 Å². The predicted octanol–water partition coefficient (Wildman–Crippen LogP) is 2.92. The molecule has 2 aliphatic rings. The van der Waals surface area contributed by atoms with Gasteiger partial charge in [-0.05, 0) is 43.0 Å². The van der Waals surface area contributed by atoms with E-state index in [4.69, 9.17) is 4.74 Å². The number of nitrogens with one attached hydrogen (secondary N) is 2. The first-order chi connectivity index (χ1) is 14.2. The summed E-state index contributed by atoms with van der Waals surface area (Å²) in [5, 5.41) is 7.09. The van der Waals surface area contributed by atoms with E-state index in [2.05, 4.69) is 63.5 Å². The third-order valence-electron chi connectivity index (χ3n) is 6.14. The quantitative estimate of drug-likeness (QED) is 0.308. The summed E-state index contributed by atoms with van der Waals surface area (Å²) in [7, 11) is 1.86. The molecule has 1 unspecified atom stereocenters. The molecule has 0 bridgehead atoms. The first kappa shape index (κ1) is 25.4. The van der Waals surface area contributed by atoms with Gasteiger partial charge in [0.1, 0.15) is 0 Å². The van der Waals surface area contributed by atoms with Crippen molar-refractivity contribution >= 4 is 29.9 Å². The second kappa shape index (κ2) is 13.5. The normalized spacial score (nSPS) is 19.5. The number of benzene rings is 1. The minimum Gasteiger partial charge on any atom is -0.379 e. The van der Waals surface area contributed by atoms with Gasteiger partial charge < -0.3 is 15.4 Å². The Morgan fingerprint density at radius 2 is 1.70 bits per heavy atom. The van der Waals surface area contributed by atoms with Crippen LogP contribution in [0.15, 0.2) is 29.3 Å². The van der Waals surface area contributed by atoms with Gasteiger partial charge in [0, 0.05) is 45.8 Å². The molecule has 0 radical (unpaired) electrons. The molecule has 0 amide bonds. The fourth-order valence-electron chi connectivity index (χ4n) is 4.34. The average molecular weight is 530 g/mol. The molecule has 7 heteroatoms. The van der Waals surface area contributed by atoms with E-state index >= 15 is 0 Å². The van der Waals surface area contributed by atoms with Gasteiger partial charge in [0.05, 0.1) is 13.2 Å². The Kier molecular flexibility index (Phi) is 11.4. The molecule has 2 heterocycles. The van der Waals surface area contributed by atoms with Crippen molar-refractivity contribution < 1.29 is 4.74 Å². The molecule has 0 saturated carbocycles. The van der Waals surface area contributed by atoms with Gasteiger partial charge in [-0.25, -0.2) is 0 Å². The smallest absolute Gasteiger partial charge is 0.191 e. The number of aliphatic imine (C=N–C) groups is 1. The largest absolute Gasteiger partial charge is 0.379 e. The van der Waals surface area contributed by atoms with Crippen molar-refractivity contribution in [3.8, 4) is 0 Å². The maximum Gasteiger partial charge on any atom is 0.191 e. The minimum absolute atomic E-state index is 0. The van der Waals surface area contributed by atoms with E-state index in [1.54, 1.807) is 0 Å². The van der Waals surface area contributed by atoms with Crippen molar-refractivity contribution in [3.05, 3.63) is 35.4 Å². The maximum absolute atomic E-state index is 5.48. The number of rotatable bonds is 8. The first-order valence-corrected chi connectivity index (χ1v) is 11.2. The Morgan fingerprint density at radius 3 is 2.33 bits per heavy atom. The number of guanidine groups is 1. The molecule has 30 heavy (non-hydrogen) atoms. The summed E-state index contributed by atoms with van der Waals surface area (Å²) in [5.41, 5.74) is 2.72. The van der Waals surface area contributed by atoms with E-state index in [1.165, 1.54) is 37.1 Å². The lowest BCUT2D eigenvalue weighted by Crippen LogP contribution is -2.48. The molecular weight excluding hydrogens is 489 g/mol. The van der Waals surface area contributed by atoms with E-state index < -0.39 is 0 Å². The van der Waals surface area contributed by atoms with Gasteiger partial charge in [-0.2, -0.15) is 0 Å². The van der Waals surface area contributed by atoms with Crippen LogP contribution >= 0.6 is 24.0 Å². The number of ether oxygens (including phenoxy) is 1. The van der Waals surface area contributed by atoms with Crippen LogP contribution in [0.4, 0.5) is 0 Å². The Balaban J connectivity index is 0.00000320. The standard InChI is InChI=1S/C23H39N5O.HI/c1-19(2)22(28-10-6-7-11-28)17-26-23(24-3)25-16-20-8-4-5-9-21(20)18-27-12-14-29-15-13-27;/h4-5,8-9,19,22H,6-7,10-18H2,1-3H3,(H2,24,25,26);1H. The topological polar surface area (TPSA) is 52.1 Å². The summed E-state index contributed by atoms with van der Waals surface area (Å²) in [6, 6.07) is 9.28. The van der Waals surface area contributed by atoms with Gasteiger partial charge >= 0.3 is 0 Å². The number of likely N-dealkylation sites (tertiary alicyclic amines) is 1. The van der Waals surface area contributed by atoms with E-state index in [1.807, 2.05) is 7.05 Å². The third kappa shape index (κ3) is 7.66. The molecule has 1 atom stereocenters. The summed E-state index contributed by atoms with van der Waals surface area (Å²) in [6.07, 6.45) is 2.66. The molecule has 1 aromatic rings. The molecule has 2 aliphatic heterocycles. The minimum atomic E-state index is 0. The number of morpholine rings is 1. The van der Waals surface area contributed by atoms with Crippen LogP contribution in [0, 0.1) is 5.92 Å². The number of hydrogen-bond donors (Lipinski definition) is 2. The van der Waals surface area contributed by atoms with Crippen LogP contribution in [0.2, 0.25) is 0 Å². The molecular formula is C23H40IN5O. The van der Waals surface area contributed by atoms with Crippen molar-refractivity contribution in [3.63, 3.8) is 0 Å². The molecule has 3 rings (SSSR count). The lowest BCUT2D eigenvalue weighted by molar-refractivity contribution is 0.0341. The summed E-state index contributed by atoms with van der Waals surface area (Å²) < 4.78 is 5.48. The molecule has 0 spiro atoms. The van der Waals surface area contributed by atoms with Crippen molar-refractivity contribution in [2.24, 2.45) is 10.9 Å². The summed E-state index contributed by atoms with van der Waals surface area (Å²) in [5.74, 6) is 1.52. The molecule has 6 nitrogen and oxygen atoms in total. The monoisotopic (exact) mass is 529 g/mol. The molecule has 1 aromatic carbocycles. The van der Waals surface area contributed by atoms with Crippen LogP contribution in [-0.2, 0) is 17.8 Å². The molecule has 2 N–H and O–H groups in total. The van der Waals surface area contributed by atoms with E-state index in [0.717, 1.165) is 51.9 Å². The zero-order chi connectivity index (χ0) is 20.5. The maximum atomic E-state index is 5.48. The summed E-state index contributed by atoms with van der Waals surface area (Å²) >= 11 is 0. The highest BCUT2D eigenvalue weighted by atomic mass is 127. The Bertz CT molecular complexity index is 642. The van der Waals surface area contributed by atoms with Crippen LogP contribution in [0.3, 0.4) is 0 Å². The molecule has 0 aliphatic carbocycles. The van der Waals surface area contributed by atoms with E-state index in [9.17, 15) is 0 Å². The Labute approximate surface area is 199 Å². The van der Waals surface area contributed by atoms with Gasteiger partial charge in [0.25, 0.3) is 0 Å². The second-order valence-corrected chi connectivity index (χ2v) is 8.52.